The van der Waals surface area contributed by atoms with E-state index in [1.165, 1.54) is 0 Å². The summed E-state index contributed by atoms with van der Waals surface area (Å²) < 4.78 is 0. The van der Waals surface area contributed by atoms with E-state index >= 15 is 0 Å². The van der Waals surface area contributed by atoms with Crippen LogP contribution >= 0.6 is 0 Å². The zero-order valence-electron chi connectivity index (χ0n) is 16.8. The van der Waals surface area contributed by atoms with E-state index in [-0.39, 0.29) is 11.9 Å². The molecular weight excluding hydrogens is 362 g/mol. The van der Waals surface area contributed by atoms with Crippen molar-refractivity contribution in [3.05, 3.63) is 83.2 Å². The number of nitrogens with one attached hydrogen (secondary N) is 1. The summed E-state index contributed by atoms with van der Waals surface area (Å²) in [5, 5.41) is 12.0. The van der Waals surface area contributed by atoms with Crippen molar-refractivity contribution in [1.29, 1.82) is 5.26 Å². The lowest BCUT2D eigenvalue weighted by Gasteiger charge is -2.26. The fourth-order valence-electron chi connectivity index (χ4n) is 2.91. The monoisotopic (exact) mass is 385 g/mol. The zero-order chi connectivity index (χ0) is 20.8. The first-order chi connectivity index (χ1) is 14.0. The molecule has 6 heteroatoms. The summed E-state index contributed by atoms with van der Waals surface area (Å²) in [4.78, 5) is 23.8. The quantitative estimate of drug-likeness (QED) is 0.678. The number of hydrogen-bond acceptors (Lipinski definition) is 5. The van der Waals surface area contributed by atoms with E-state index in [0.717, 1.165) is 11.3 Å². The minimum absolute atomic E-state index is 0.0212. The topological polar surface area (TPSA) is 81.9 Å². The van der Waals surface area contributed by atoms with Gasteiger partial charge in [0.15, 0.2) is 0 Å². The average Bonchev–Trinajstić information content (AvgIpc) is 2.72. The van der Waals surface area contributed by atoms with Crippen LogP contribution in [0, 0.1) is 18.3 Å². The van der Waals surface area contributed by atoms with Gasteiger partial charge >= 0.3 is 0 Å². The Labute approximate surface area is 170 Å². The van der Waals surface area contributed by atoms with Gasteiger partial charge in [0.2, 0.25) is 5.95 Å². The van der Waals surface area contributed by atoms with Crippen molar-refractivity contribution in [3.8, 4) is 6.07 Å². The molecule has 0 radical (unpaired) electrons. The first-order valence-corrected chi connectivity index (χ1v) is 9.44. The summed E-state index contributed by atoms with van der Waals surface area (Å²) in [6.45, 7) is 6.33. The fourth-order valence-corrected chi connectivity index (χ4v) is 2.91. The Morgan fingerprint density at radius 2 is 1.79 bits per heavy atom. The molecule has 0 saturated heterocycles. The third-order valence-corrected chi connectivity index (χ3v) is 4.42. The molecule has 0 aliphatic rings. The summed E-state index contributed by atoms with van der Waals surface area (Å²) in [6.07, 6.45) is 0. The Hall–Kier alpha value is -3.72. The minimum atomic E-state index is -0.141. The molecule has 0 saturated carbocycles. The smallest absolute Gasteiger partial charge is 0.273 e. The number of nitriles is 1. The SMILES string of the molecule is Cc1cc(C(=O)N(Cc2ccccc2)C(C)C)nc(Nc2ccc(C#N)cc2)n1. The average molecular weight is 385 g/mol. The molecule has 6 nitrogen and oxygen atoms in total. The van der Waals surface area contributed by atoms with Crippen molar-refractivity contribution in [3.63, 3.8) is 0 Å². The normalized spacial score (nSPS) is 10.4. The van der Waals surface area contributed by atoms with Crippen LogP contribution in [0.15, 0.2) is 60.7 Å². The van der Waals surface area contributed by atoms with Gasteiger partial charge in [-0.15, -0.1) is 0 Å². The van der Waals surface area contributed by atoms with Gasteiger partial charge in [0, 0.05) is 24.0 Å². The highest BCUT2D eigenvalue weighted by Crippen LogP contribution is 2.17. The van der Waals surface area contributed by atoms with E-state index in [4.69, 9.17) is 5.26 Å². The molecule has 0 atom stereocenters. The lowest BCUT2D eigenvalue weighted by Crippen LogP contribution is -2.37. The molecule has 0 aliphatic heterocycles. The number of rotatable bonds is 6. The van der Waals surface area contributed by atoms with E-state index in [0.29, 0.717) is 29.4 Å². The van der Waals surface area contributed by atoms with Gasteiger partial charge in [-0.2, -0.15) is 5.26 Å². The van der Waals surface area contributed by atoms with Gasteiger partial charge in [0.05, 0.1) is 11.6 Å². The molecule has 0 unspecified atom stereocenters. The molecule has 2 aromatic carbocycles. The number of carbonyl (C=O) groups excluding carboxylic acids is 1. The summed E-state index contributed by atoms with van der Waals surface area (Å²) in [5.41, 5.74) is 3.43. The lowest BCUT2D eigenvalue weighted by atomic mass is 10.1. The van der Waals surface area contributed by atoms with Crippen molar-refractivity contribution >= 4 is 17.5 Å². The van der Waals surface area contributed by atoms with Crippen LogP contribution in [-0.2, 0) is 6.54 Å². The summed E-state index contributed by atoms with van der Waals surface area (Å²) in [5.74, 6) is 0.207. The number of nitrogens with zero attached hydrogens (tertiary/aromatic N) is 4. The van der Waals surface area contributed by atoms with Crippen molar-refractivity contribution in [2.75, 3.05) is 5.32 Å². The fraction of sp³-hybridized carbons (Fsp3) is 0.217. The van der Waals surface area contributed by atoms with Gasteiger partial charge in [-0.05, 0) is 56.7 Å². The van der Waals surface area contributed by atoms with Crippen LogP contribution in [0.25, 0.3) is 0 Å². The summed E-state index contributed by atoms with van der Waals surface area (Å²) in [6, 6.07) is 20.7. The highest BCUT2D eigenvalue weighted by atomic mass is 16.2. The minimum Gasteiger partial charge on any atom is -0.331 e. The maximum absolute atomic E-state index is 13.2. The molecule has 1 amide bonds. The number of aromatic nitrogens is 2. The summed E-state index contributed by atoms with van der Waals surface area (Å²) in [7, 11) is 0. The predicted molar refractivity (Wildman–Crippen MR) is 113 cm³/mol. The lowest BCUT2D eigenvalue weighted by molar-refractivity contribution is 0.0684. The molecule has 0 aliphatic carbocycles. The second kappa shape index (κ2) is 8.98. The molecule has 3 aromatic rings. The molecule has 1 aromatic heterocycles. The van der Waals surface area contributed by atoms with E-state index in [1.54, 1.807) is 35.2 Å². The molecule has 29 heavy (non-hydrogen) atoms. The van der Waals surface area contributed by atoms with Crippen molar-refractivity contribution in [2.24, 2.45) is 0 Å². The van der Waals surface area contributed by atoms with Crippen molar-refractivity contribution in [1.82, 2.24) is 14.9 Å². The largest absolute Gasteiger partial charge is 0.331 e. The highest BCUT2D eigenvalue weighted by Gasteiger charge is 2.21. The maximum Gasteiger partial charge on any atom is 0.273 e. The Bertz CT molecular complexity index is 1020. The Morgan fingerprint density at radius 1 is 1.10 bits per heavy atom. The first-order valence-electron chi connectivity index (χ1n) is 9.44. The van der Waals surface area contributed by atoms with Gasteiger partial charge < -0.3 is 10.2 Å². The second-order valence-corrected chi connectivity index (χ2v) is 7.04. The van der Waals surface area contributed by atoms with Gasteiger partial charge in [0.25, 0.3) is 5.91 Å². The molecule has 0 fully saturated rings. The van der Waals surface area contributed by atoms with Crippen LogP contribution < -0.4 is 5.32 Å². The number of amides is 1. The van der Waals surface area contributed by atoms with E-state index < -0.39 is 0 Å². The highest BCUT2D eigenvalue weighted by molar-refractivity contribution is 5.93. The Kier molecular flexibility index (Phi) is 6.20. The van der Waals surface area contributed by atoms with E-state index in [9.17, 15) is 4.79 Å². The number of anilines is 2. The van der Waals surface area contributed by atoms with Crippen LogP contribution in [-0.4, -0.2) is 26.8 Å². The Balaban J connectivity index is 1.84. The first kappa shape index (κ1) is 20.0. The molecule has 0 bridgehead atoms. The number of carbonyl (C=O) groups is 1. The Morgan fingerprint density at radius 3 is 2.41 bits per heavy atom. The van der Waals surface area contributed by atoms with E-state index in [2.05, 4.69) is 21.4 Å². The number of benzene rings is 2. The number of aryl methyl sites for hydroxylation is 1. The standard InChI is InChI=1S/C23H23N5O/c1-16(2)28(15-19-7-5-4-6-8-19)22(29)21-13-17(3)25-23(27-21)26-20-11-9-18(14-24)10-12-20/h4-13,16H,15H2,1-3H3,(H,25,26,27). The zero-order valence-corrected chi connectivity index (χ0v) is 16.8. The van der Waals surface area contributed by atoms with Crippen LogP contribution in [0.1, 0.15) is 41.2 Å². The number of hydrogen-bond donors (Lipinski definition) is 1. The van der Waals surface area contributed by atoms with Gasteiger partial charge in [-0.1, -0.05) is 30.3 Å². The molecule has 1 heterocycles. The molecule has 3 rings (SSSR count). The van der Waals surface area contributed by atoms with Crippen LogP contribution in [0.5, 0.6) is 0 Å². The molecule has 0 spiro atoms. The van der Waals surface area contributed by atoms with Crippen LogP contribution in [0.3, 0.4) is 0 Å². The molecule has 1 N–H and O–H groups in total. The molecule has 146 valence electrons. The van der Waals surface area contributed by atoms with Crippen molar-refractivity contribution in [2.45, 2.75) is 33.4 Å². The van der Waals surface area contributed by atoms with E-state index in [1.807, 2.05) is 51.1 Å². The van der Waals surface area contributed by atoms with Crippen LogP contribution in [0.2, 0.25) is 0 Å². The van der Waals surface area contributed by atoms with Gasteiger partial charge in [-0.3, -0.25) is 4.79 Å². The third-order valence-electron chi connectivity index (χ3n) is 4.42. The van der Waals surface area contributed by atoms with Gasteiger partial charge in [-0.25, -0.2) is 9.97 Å². The third kappa shape index (κ3) is 5.17. The predicted octanol–water partition coefficient (Wildman–Crippen LogP) is 4.45. The maximum atomic E-state index is 13.2. The molecular formula is C23H23N5O. The van der Waals surface area contributed by atoms with Crippen molar-refractivity contribution < 1.29 is 4.79 Å². The van der Waals surface area contributed by atoms with Gasteiger partial charge in [0.1, 0.15) is 5.69 Å². The summed E-state index contributed by atoms with van der Waals surface area (Å²) >= 11 is 0. The van der Waals surface area contributed by atoms with Crippen LogP contribution in [0.4, 0.5) is 11.6 Å². The second-order valence-electron chi connectivity index (χ2n) is 7.04.